The van der Waals surface area contributed by atoms with Crippen LogP contribution >= 0.6 is 23.2 Å². The lowest BCUT2D eigenvalue weighted by Gasteiger charge is -2.06. The molecule has 0 fully saturated rings. The number of benzene rings is 2. The third-order valence-electron chi connectivity index (χ3n) is 2.37. The van der Waals surface area contributed by atoms with E-state index < -0.39 is 5.91 Å². The SMILES string of the molecule is O=C(C#Cc1ccccc1)Nc1cc(Cl)cc(Cl)c1O. The Labute approximate surface area is 126 Å². The minimum Gasteiger partial charge on any atom is -0.504 e. The summed E-state index contributed by atoms with van der Waals surface area (Å²) in [6.45, 7) is 0. The van der Waals surface area contributed by atoms with E-state index in [4.69, 9.17) is 23.2 Å². The maximum absolute atomic E-state index is 11.7. The molecule has 0 saturated carbocycles. The van der Waals surface area contributed by atoms with Crippen LogP contribution in [0.2, 0.25) is 10.0 Å². The summed E-state index contributed by atoms with van der Waals surface area (Å²) in [7, 11) is 0. The van der Waals surface area contributed by atoms with E-state index in [1.807, 2.05) is 18.2 Å². The van der Waals surface area contributed by atoms with Crippen molar-refractivity contribution in [3.63, 3.8) is 0 Å². The second-order valence-corrected chi connectivity index (χ2v) is 4.70. The maximum Gasteiger partial charge on any atom is 0.300 e. The molecule has 0 spiro atoms. The van der Waals surface area contributed by atoms with Gasteiger partial charge in [-0.1, -0.05) is 47.3 Å². The van der Waals surface area contributed by atoms with E-state index in [0.29, 0.717) is 5.02 Å². The molecule has 2 rings (SSSR count). The molecule has 2 N–H and O–H groups in total. The first kappa shape index (κ1) is 14.3. The zero-order valence-electron chi connectivity index (χ0n) is 10.2. The number of phenolic OH excluding ortho intramolecular Hbond substituents is 1. The highest BCUT2D eigenvalue weighted by molar-refractivity contribution is 6.36. The quantitative estimate of drug-likeness (QED) is 0.623. The Morgan fingerprint density at radius 1 is 1.15 bits per heavy atom. The van der Waals surface area contributed by atoms with E-state index in [9.17, 15) is 9.90 Å². The number of nitrogens with one attached hydrogen (secondary N) is 1. The first-order chi connectivity index (χ1) is 9.56. The minimum absolute atomic E-state index is 0.0591. The average Bonchev–Trinajstić information content (AvgIpc) is 2.43. The van der Waals surface area contributed by atoms with Crippen molar-refractivity contribution in [2.45, 2.75) is 0 Å². The first-order valence-electron chi connectivity index (χ1n) is 5.62. The Bertz CT molecular complexity index is 703. The molecular formula is C15H9Cl2NO2. The van der Waals surface area contributed by atoms with E-state index >= 15 is 0 Å². The van der Waals surface area contributed by atoms with Crippen molar-refractivity contribution >= 4 is 34.8 Å². The molecule has 1 amide bonds. The lowest BCUT2D eigenvalue weighted by molar-refractivity contribution is -0.111. The van der Waals surface area contributed by atoms with Gasteiger partial charge in [-0.05, 0) is 24.3 Å². The van der Waals surface area contributed by atoms with Gasteiger partial charge >= 0.3 is 5.91 Å². The van der Waals surface area contributed by atoms with Crippen molar-refractivity contribution in [1.82, 2.24) is 0 Å². The molecular weight excluding hydrogens is 297 g/mol. The molecule has 0 aliphatic rings. The summed E-state index contributed by atoms with van der Waals surface area (Å²) < 4.78 is 0. The number of rotatable bonds is 1. The van der Waals surface area contributed by atoms with E-state index in [1.54, 1.807) is 12.1 Å². The number of amides is 1. The molecule has 0 aromatic heterocycles. The second kappa shape index (κ2) is 6.33. The molecule has 100 valence electrons. The highest BCUT2D eigenvalue weighted by Gasteiger charge is 2.09. The summed E-state index contributed by atoms with van der Waals surface area (Å²) in [5.41, 5.74) is 0.839. The van der Waals surface area contributed by atoms with Gasteiger partial charge in [-0.15, -0.1) is 0 Å². The monoisotopic (exact) mass is 305 g/mol. The fourth-order valence-electron chi connectivity index (χ4n) is 1.47. The zero-order chi connectivity index (χ0) is 14.5. The highest BCUT2D eigenvalue weighted by atomic mass is 35.5. The van der Waals surface area contributed by atoms with Crippen LogP contribution in [-0.4, -0.2) is 11.0 Å². The molecule has 0 aliphatic carbocycles. The Hall–Kier alpha value is -2.15. The highest BCUT2D eigenvalue weighted by Crippen LogP contribution is 2.34. The normalized spacial score (nSPS) is 9.50. The van der Waals surface area contributed by atoms with Gasteiger partial charge in [0.05, 0.1) is 10.7 Å². The molecule has 0 atom stereocenters. The number of carbonyl (C=O) groups is 1. The van der Waals surface area contributed by atoms with Crippen LogP contribution in [0, 0.1) is 11.8 Å². The van der Waals surface area contributed by atoms with Crippen LogP contribution in [0.25, 0.3) is 0 Å². The number of halogens is 2. The number of carbonyl (C=O) groups excluding carboxylic acids is 1. The summed E-state index contributed by atoms with van der Waals surface area (Å²) in [5.74, 6) is 4.31. The number of hydrogen-bond acceptors (Lipinski definition) is 2. The van der Waals surface area contributed by atoms with E-state index in [0.717, 1.165) is 5.56 Å². The number of aromatic hydroxyl groups is 1. The van der Waals surface area contributed by atoms with Crippen molar-refractivity contribution in [3.05, 3.63) is 58.1 Å². The largest absolute Gasteiger partial charge is 0.504 e. The van der Waals surface area contributed by atoms with Gasteiger partial charge in [-0.25, -0.2) is 0 Å². The van der Waals surface area contributed by atoms with Gasteiger partial charge in [0.15, 0.2) is 5.75 Å². The lowest BCUT2D eigenvalue weighted by atomic mass is 10.2. The third kappa shape index (κ3) is 3.67. The number of phenols is 1. The molecule has 5 heteroatoms. The Morgan fingerprint density at radius 3 is 2.55 bits per heavy atom. The molecule has 20 heavy (non-hydrogen) atoms. The Balaban J connectivity index is 2.15. The van der Waals surface area contributed by atoms with Crippen LogP contribution in [0.15, 0.2) is 42.5 Å². The van der Waals surface area contributed by atoms with Crippen molar-refractivity contribution in [2.75, 3.05) is 5.32 Å². The van der Waals surface area contributed by atoms with Crippen LogP contribution in [0.3, 0.4) is 0 Å². The average molecular weight is 306 g/mol. The van der Waals surface area contributed by atoms with Crippen LogP contribution < -0.4 is 5.32 Å². The van der Waals surface area contributed by atoms with Gasteiger partial charge in [0.25, 0.3) is 0 Å². The topological polar surface area (TPSA) is 49.3 Å². The molecule has 2 aromatic carbocycles. The first-order valence-corrected chi connectivity index (χ1v) is 6.38. The van der Waals surface area contributed by atoms with Gasteiger partial charge in [0, 0.05) is 16.5 Å². The molecule has 0 aliphatic heterocycles. The maximum atomic E-state index is 11.7. The Kier molecular flexibility index (Phi) is 4.52. The van der Waals surface area contributed by atoms with Crippen molar-refractivity contribution < 1.29 is 9.90 Å². The summed E-state index contributed by atoms with van der Waals surface area (Å²) in [4.78, 5) is 11.7. The van der Waals surface area contributed by atoms with E-state index in [-0.39, 0.29) is 16.5 Å². The van der Waals surface area contributed by atoms with E-state index in [1.165, 1.54) is 12.1 Å². The Morgan fingerprint density at radius 2 is 1.85 bits per heavy atom. The lowest BCUT2D eigenvalue weighted by Crippen LogP contribution is -2.08. The van der Waals surface area contributed by atoms with Crippen LogP contribution in [0.4, 0.5) is 5.69 Å². The summed E-state index contributed by atoms with van der Waals surface area (Å²) >= 11 is 11.5. The van der Waals surface area contributed by atoms with Crippen LogP contribution in [0.1, 0.15) is 5.56 Å². The molecule has 3 nitrogen and oxygen atoms in total. The van der Waals surface area contributed by atoms with Gasteiger partial charge in [0.2, 0.25) is 0 Å². The summed E-state index contributed by atoms with van der Waals surface area (Å²) in [6, 6.07) is 11.9. The van der Waals surface area contributed by atoms with Crippen molar-refractivity contribution in [3.8, 4) is 17.6 Å². The van der Waals surface area contributed by atoms with Gasteiger partial charge in [-0.3, -0.25) is 4.79 Å². The standard InChI is InChI=1S/C15H9Cl2NO2/c16-11-8-12(17)15(20)13(9-11)18-14(19)7-6-10-4-2-1-3-5-10/h1-5,8-9,20H,(H,18,19). The zero-order valence-corrected chi connectivity index (χ0v) is 11.7. The predicted molar refractivity (Wildman–Crippen MR) is 80.1 cm³/mol. The van der Waals surface area contributed by atoms with Gasteiger partial charge in [0.1, 0.15) is 0 Å². The fraction of sp³-hybridized carbons (Fsp3) is 0. The van der Waals surface area contributed by atoms with E-state index in [2.05, 4.69) is 17.2 Å². The van der Waals surface area contributed by atoms with Crippen LogP contribution in [0.5, 0.6) is 5.75 Å². The van der Waals surface area contributed by atoms with Crippen molar-refractivity contribution in [1.29, 1.82) is 0 Å². The predicted octanol–water partition coefficient (Wildman–Crippen LogP) is 3.69. The third-order valence-corrected chi connectivity index (χ3v) is 2.88. The number of hydrogen-bond donors (Lipinski definition) is 2. The summed E-state index contributed by atoms with van der Waals surface area (Å²) in [5, 5.41) is 12.5. The smallest absolute Gasteiger partial charge is 0.300 e. The van der Waals surface area contributed by atoms with Gasteiger partial charge in [-0.2, -0.15) is 0 Å². The second-order valence-electron chi connectivity index (χ2n) is 3.85. The fourth-order valence-corrected chi connectivity index (χ4v) is 1.96. The molecule has 2 aromatic rings. The number of anilines is 1. The molecule has 0 bridgehead atoms. The van der Waals surface area contributed by atoms with Gasteiger partial charge < -0.3 is 10.4 Å². The minimum atomic E-state index is -0.567. The molecule has 0 heterocycles. The van der Waals surface area contributed by atoms with Crippen LogP contribution in [-0.2, 0) is 4.79 Å². The molecule has 0 saturated heterocycles. The summed E-state index contributed by atoms with van der Waals surface area (Å²) in [6.07, 6.45) is 0. The molecule has 0 unspecified atom stereocenters. The molecule has 0 radical (unpaired) electrons. The van der Waals surface area contributed by atoms with Crippen molar-refractivity contribution in [2.24, 2.45) is 0 Å².